The first-order valence-corrected chi connectivity index (χ1v) is 6.59. The van der Waals surface area contributed by atoms with Gasteiger partial charge in [0.2, 0.25) is 0 Å². The Morgan fingerprint density at radius 1 is 1.33 bits per heavy atom. The summed E-state index contributed by atoms with van der Waals surface area (Å²) in [5.74, 6) is 2.71. The highest BCUT2D eigenvalue weighted by Crippen LogP contribution is 2.18. The fraction of sp³-hybridized carbons (Fsp3) is 0.250. The number of terminal acetylenes is 1. The van der Waals surface area contributed by atoms with Gasteiger partial charge in [0.05, 0.1) is 11.5 Å². The largest absolute Gasteiger partial charge is 0.481 e. The molecule has 0 aromatic heterocycles. The Balaban J connectivity index is 2.91. The van der Waals surface area contributed by atoms with Crippen LogP contribution in [0.5, 0.6) is 5.75 Å². The lowest BCUT2D eigenvalue weighted by Gasteiger charge is -2.05. The third-order valence-electron chi connectivity index (χ3n) is 1.94. The van der Waals surface area contributed by atoms with Crippen molar-refractivity contribution in [2.45, 2.75) is 11.8 Å². The van der Waals surface area contributed by atoms with E-state index in [9.17, 15) is 13.2 Å². The van der Waals surface area contributed by atoms with E-state index in [2.05, 4.69) is 10.7 Å². The lowest BCUT2D eigenvalue weighted by molar-refractivity contribution is 0.178. The van der Waals surface area contributed by atoms with Gasteiger partial charge in [0.15, 0.2) is 0 Å². The molecule has 0 amide bonds. The molecule has 6 heteroatoms. The van der Waals surface area contributed by atoms with Crippen molar-refractivity contribution in [3.8, 4) is 18.1 Å². The lowest BCUT2D eigenvalue weighted by Crippen LogP contribution is -2.16. The number of hydrogen-bond acceptors (Lipinski definition) is 5. The molecule has 1 aromatic carbocycles. The van der Waals surface area contributed by atoms with Crippen LogP contribution in [0.2, 0.25) is 0 Å². The Hall–Kier alpha value is -2.00. The van der Waals surface area contributed by atoms with Crippen LogP contribution in [0.15, 0.2) is 29.2 Å². The van der Waals surface area contributed by atoms with Gasteiger partial charge in [0.1, 0.15) is 12.4 Å². The third kappa shape index (κ3) is 3.25. The number of ether oxygens (including phenoxy) is 2. The van der Waals surface area contributed by atoms with Crippen LogP contribution in [0.1, 0.15) is 6.92 Å². The molecule has 0 aliphatic heterocycles. The van der Waals surface area contributed by atoms with Crippen molar-refractivity contribution in [3.63, 3.8) is 0 Å². The van der Waals surface area contributed by atoms with Gasteiger partial charge >= 0.3 is 5.30 Å². The summed E-state index contributed by atoms with van der Waals surface area (Å²) in [6.07, 6.45) is 5.02. The van der Waals surface area contributed by atoms with E-state index in [1.807, 2.05) is 0 Å². The van der Waals surface area contributed by atoms with Crippen LogP contribution in [0.25, 0.3) is 0 Å². The van der Waals surface area contributed by atoms with Crippen LogP contribution >= 0.6 is 0 Å². The Morgan fingerprint density at radius 3 is 2.44 bits per heavy atom. The Kier molecular flexibility index (Phi) is 4.75. The van der Waals surface area contributed by atoms with E-state index in [-0.39, 0.29) is 18.1 Å². The molecule has 18 heavy (non-hydrogen) atoms. The van der Waals surface area contributed by atoms with Crippen molar-refractivity contribution in [2.24, 2.45) is 0 Å². The summed E-state index contributed by atoms with van der Waals surface area (Å²) in [6, 6.07) is 5.36. The van der Waals surface area contributed by atoms with Gasteiger partial charge in [0, 0.05) is 0 Å². The molecule has 0 radical (unpaired) electrons. The summed E-state index contributed by atoms with van der Waals surface area (Å²) in [6.45, 7) is 1.62. The maximum Gasteiger partial charge on any atom is 0.429 e. The van der Waals surface area contributed by atoms with E-state index >= 15 is 0 Å². The van der Waals surface area contributed by atoms with Gasteiger partial charge in [-0.15, -0.1) is 6.42 Å². The molecule has 1 aromatic rings. The van der Waals surface area contributed by atoms with Crippen molar-refractivity contribution in [1.29, 1.82) is 0 Å². The highest BCUT2D eigenvalue weighted by atomic mass is 32.2. The van der Waals surface area contributed by atoms with E-state index in [1.54, 1.807) is 0 Å². The molecule has 0 atom stereocenters. The van der Waals surface area contributed by atoms with E-state index in [0.29, 0.717) is 5.75 Å². The van der Waals surface area contributed by atoms with Gasteiger partial charge in [-0.3, -0.25) is 0 Å². The minimum atomic E-state index is -4.10. The molecule has 0 fully saturated rings. The molecule has 0 aliphatic carbocycles. The Morgan fingerprint density at radius 2 is 1.94 bits per heavy atom. The van der Waals surface area contributed by atoms with Crippen LogP contribution in [0.4, 0.5) is 4.79 Å². The van der Waals surface area contributed by atoms with Gasteiger partial charge in [-0.2, -0.15) is 0 Å². The van der Waals surface area contributed by atoms with Crippen LogP contribution in [0.3, 0.4) is 0 Å². The van der Waals surface area contributed by atoms with Gasteiger partial charge in [-0.1, -0.05) is 5.92 Å². The van der Waals surface area contributed by atoms with E-state index in [1.165, 1.54) is 31.2 Å². The molecular formula is C12H12O5S. The zero-order valence-corrected chi connectivity index (χ0v) is 10.6. The molecule has 0 saturated heterocycles. The molecule has 0 saturated carbocycles. The lowest BCUT2D eigenvalue weighted by atomic mass is 10.3. The first-order valence-electron chi connectivity index (χ1n) is 5.10. The van der Waals surface area contributed by atoms with Crippen molar-refractivity contribution in [2.75, 3.05) is 13.2 Å². The number of carbonyl (C=O) groups excluding carboxylic acids is 1. The predicted molar refractivity (Wildman–Crippen MR) is 65.0 cm³/mol. The van der Waals surface area contributed by atoms with E-state index in [4.69, 9.17) is 11.2 Å². The first-order chi connectivity index (χ1) is 8.52. The molecule has 5 nitrogen and oxygen atoms in total. The van der Waals surface area contributed by atoms with Crippen LogP contribution in [-0.2, 0) is 14.6 Å². The highest BCUT2D eigenvalue weighted by Gasteiger charge is 2.26. The molecular weight excluding hydrogens is 256 g/mol. The second kappa shape index (κ2) is 6.07. The van der Waals surface area contributed by atoms with Crippen LogP contribution < -0.4 is 4.74 Å². The molecule has 0 aliphatic rings. The van der Waals surface area contributed by atoms with Gasteiger partial charge in [-0.25, -0.2) is 13.2 Å². The number of sulfone groups is 1. The quantitative estimate of drug-likeness (QED) is 0.613. The fourth-order valence-electron chi connectivity index (χ4n) is 1.13. The zero-order chi connectivity index (χ0) is 13.6. The summed E-state index contributed by atoms with van der Waals surface area (Å²) >= 11 is 0. The summed E-state index contributed by atoms with van der Waals surface area (Å²) in [5.41, 5.74) is 0. The summed E-state index contributed by atoms with van der Waals surface area (Å²) in [7, 11) is -4.10. The Labute approximate surface area is 106 Å². The zero-order valence-electron chi connectivity index (χ0n) is 9.75. The molecule has 0 spiro atoms. The maximum atomic E-state index is 11.7. The van der Waals surface area contributed by atoms with Crippen molar-refractivity contribution in [3.05, 3.63) is 24.3 Å². The van der Waals surface area contributed by atoms with E-state index in [0.717, 1.165) is 0 Å². The fourth-order valence-corrected chi connectivity index (χ4v) is 2.09. The second-order valence-corrected chi connectivity index (χ2v) is 4.96. The molecule has 0 N–H and O–H groups in total. The average Bonchev–Trinajstić information content (AvgIpc) is 2.37. The SMILES string of the molecule is C#CCOc1ccc(S(=O)(=O)C(=O)OCC)cc1. The molecule has 0 heterocycles. The molecule has 1 rings (SSSR count). The van der Waals surface area contributed by atoms with Crippen LogP contribution in [0, 0.1) is 12.3 Å². The van der Waals surface area contributed by atoms with E-state index < -0.39 is 15.1 Å². The number of carbonyl (C=O) groups is 1. The normalized spacial score (nSPS) is 10.4. The summed E-state index contributed by atoms with van der Waals surface area (Å²) < 4.78 is 33.0. The monoisotopic (exact) mass is 268 g/mol. The number of rotatable bonds is 4. The number of benzene rings is 1. The minimum absolute atomic E-state index is 0.00142. The number of hydrogen-bond donors (Lipinski definition) is 0. The minimum Gasteiger partial charge on any atom is -0.481 e. The molecule has 0 unspecified atom stereocenters. The first kappa shape index (κ1) is 14.1. The maximum absolute atomic E-state index is 11.7. The predicted octanol–water partition coefficient (Wildman–Crippen LogP) is 1.63. The molecule has 96 valence electrons. The van der Waals surface area contributed by atoms with Gasteiger partial charge in [0.25, 0.3) is 9.84 Å². The second-order valence-electron chi connectivity index (χ2n) is 3.15. The van der Waals surface area contributed by atoms with Crippen LogP contribution in [-0.4, -0.2) is 26.9 Å². The van der Waals surface area contributed by atoms with Gasteiger partial charge < -0.3 is 9.47 Å². The summed E-state index contributed by atoms with van der Waals surface area (Å²) in [5, 5.41) is -1.26. The summed E-state index contributed by atoms with van der Waals surface area (Å²) in [4.78, 5) is 11.1. The van der Waals surface area contributed by atoms with Crippen molar-refractivity contribution < 1.29 is 22.7 Å². The molecule has 0 bridgehead atoms. The van der Waals surface area contributed by atoms with Gasteiger partial charge in [-0.05, 0) is 31.2 Å². The Bertz CT molecular complexity index is 551. The van der Waals surface area contributed by atoms with Crippen molar-refractivity contribution >= 4 is 15.1 Å². The van der Waals surface area contributed by atoms with Crippen molar-refractivity contribution in [1.82, 2.24) is 0 Å². The topological polar surface area (TPSA) is 69.7 Å². The smallest absolute Gasteiger partial charge is 0.429 e. The average molecular weight is 268 g/mol. The third-order valence-corrected chi connectivity index (χ3v) is 3.39. The highest BCUT2D eigenvalue weighted by molar-refractivity contribution is 8.05. The standard InChI is InChI=1S/C12H12O5S/c1-3-9-17-10-5-7-11(8-6-10)18(14,15)12(13)16-4-2/h1,5-8H,4,9H2,2H3.